The van der Waals surface area contributed by atoms with Crippen LogP contribution >= 0.6 is 0 Å². The summed E-state index contributed by atoms with van der Waals surface area (Å²) in [6.07, 6.45) is -0.729. The van der Waals surface area contributed by atoms with E-state index in [1.54, 1.807) is 6.92 Å². The molecule has 1 aliphatic rings. The van der Waals surface area contributed by atoms with Crippen molar-refractivity contribution < 1.29 is 15.0 Å². The van der Waals surface area contributed by atoms with E-state index in [0.717, 1.165) is 0 Å². The lowest BCUT2D eigenvalue weighted by Gasteiger charge is -2.11. The van der Waals surface area contributed by atoms with Gasteiger partial charge in [0.2, 0.25) is 0 Å². The van der Waals surface area contributed by atoms with Crippen LogP contribution in [0.4, 0.5) is 0 Å². The molecule has 0 bridgehead atoms. The van der Waals surface area contributed by atoms with Crippen LogP contribution in [0.25, 0.3) is 0 Å². The van der Waals surface area contributed by atoms with Crippen LogP contribution in [0.3, 0.4) is 0 Å². The summed E-state index contributed by atoms with van der Waals surface area (Å²) in [5, 5.41) is 20.5. The molecule has 0 aromatic heterocycles. The number of aliphatic carboxylic acids is 1. The third-order valence-corrected chi connectivity index (χ3v) is 1.89. The zero-order valence-electron chi connectivity index (χ0n) is 5.74. The minimum Gasteiger partial charge on any atom is -0.481 e. The fourth-order valence-electron chi connectivity index (χ4n) is 1.27. The second-order valence-electron chi connectivity index (χ2n) is 2.63. The average Bonchev–Trinajstić information content (AvgIpc) is 2.11. The average molecular weight is 145 g/mol. The molecule has 1 saturated heterocycles. The molecular formula is C6H11NO3. The molecule has 0 spiro atoms. The Labute approximate surface area is 58.9 Å². The summed E-state index contributed by atoms with van der Waals surface area (Å²) in [4.78, 5) is 10.4. The highest BCUT2D eigenvalue weighted by Crippen LogP contribution is 2.15. The molecule has 3 N–H and O–H groups in total. The number of rotatable bonds is 1. The van der Waals surface area contributed by atoms with Gasteiger partial charge in [-0.05, 0) is 6.92 Å². The lowest BCUT2D eigenvalue weighted by Crippen LogP contribution is -2.31. The fourth-order valence-corrected chi connectivity index (χ4v) is 1.27. The lowest BCUT2D eigenvalue weighted by atomic mass is 10.0. The Hall–Kier alpha value is -0.610. The van der Waals surface area contributed by atoms with Crippen molar-refractivity contribution in [2.45, 2.75) is 19.1 Å². The first-order valence-corrected chi connectivity index (χ1v) is 3.27. The first-order chi connectivity index (χ1) is 4.63. The van der Waals surface area contributed by atoms with Crippen molar-refractivity contribution in [3.8, 4) is 0 Å². The van der Waals surface area contributed by atoms with E-state index in [1.165, 1.54) is 0 Å². The first-order valence-electron chi connectivity index (χ1n) is 3.27. The van der Waals surface area contributed by atoms with Crippen LogP contribution in [0, 0.1) is 5.92 Å². The maximum absolute atomic E-state index is 10.4. The van der Waals surface area contributed by atoms with Crippen LogP contribution in [0.5, 0.6) is 0 Å². The van der Waals surface area contributed by atoms with Crippen LogP contribution in [0.2, 0.25) is 0 Å². The van der Waals surface area contributed by atoms with Gasteiger partial charge in [-0.25, -0.2) is 0 Å². The number of hydrogen-bond donors (Lipinski definition) is 3. The van der Waals surface area contributed by atoms with Crippen LogP contribution in [0.1, 0.15) is 6.92 Å². The van der Waals surface area contributed by atoms with Gasteiger partial charge in [0, 0.05) is 12.6 Å². The molecule has 0 saturated carbocycles. The van der Waals surface area contributed by atoms with Gasteiger partial charge in [0.1, 0.15) is 0 Å². The lowest BCUT2D eigenvalue weighted by molar-refractivity contribution is -0.144. The van der Waals surface area contributed by atoms with E-state index >= 15 is 0 Å². The maximum atomic E-state index is 10.4. The van der Waals surface area contributed by atoms with Crippen molar-refractivity contribution in [3.63, 3.8) is 0 Å². The summed E-state index contributed by atoms with van der Waals surface area (Å²) < 4.78 is 0. The van der Waals surface area contributed by atoms with Gasteiger partial charge < -0.3 is 15.5 Å². The highest BCUT2D eigenvalue weighted by atomic mass is 16.4. The van der Waals surface area contributed by atoms with Gasteiger partial charge in [-0.3, -0.25) is 4.79 Å². The summed E-state index contributed by atoms with van der Waals surface area (Å²) in [5.74, 6) is -1.56. The SMILES string of the molecule is C[C@H]1NCC(O)C1C(=O)O. The van der Waals surface area contributed by atoms with Crippen LogP contribution in [-0.4, -0.2) is 34.9 Å². The number of nitrogens with one attached hydrogen (secondary N) is 1. The molecule has 10 heavy (non-hydrogen) atoms. The molecule has 1 rings (SSSR count). The molecule has 0 aromatic carbocycles. The molecule has 1 fully saturated rings. The maximum Gasteiger partial charge on any atom is 0.310 e. The predicted molar refractivity (Wildman–Crippen MR) is 34.6 cm³/mol. The van der Waals surface area contributed by atoms with Gasteiger partial charge in [-0.15, -0.1) is 0 Å². The van der Waals surface area contributed by atoms with E-state index in [2.05, 4.69) is 5.32 Å². The number of carboxylic acids is 1. The van der Waals surface area contributed by atoms with Crippen molar-refractivity contribution in [1.82, 2.24) is 5.32 Å². The molecule has 58 valence electrons. The molecule has 0 aromatic rings. The van der Waals surface area contributed by atoms with E-state index in [1.807, 2.05) is 0 Å². The summed E-state index contributed by atoms with van der Waals surface area (Å²) in [5.41, 5.74) is 0. The molecule has 4 heteroatoms. The molecular weight excluding hydrogens is 134 g/mol. The molecule has 0 aliphatic carbocycles. The highest BCUT2D eigenvalue weighted by molar-refractivity contribution is 5.72. The van der Waals surface area contributed by atoms with E-state index in [9.17, 15) is 4.79 Å². The normalized spacial score (nSPS) is 40.0. The van der Waals surface area contributed by atoms with E-state index < -0.39 is 18.0 Å². The standard InChI is InChI=1S/C6H11NO3/c1-3-5(6(9)10)4(8)2-7-3/h3-5,7-8H,2H2,1H3,(H,9,10)/t3-,4?,5?/m1/s1. The number of aliphatic hydroxyl groups excluding tert-OH is 1. The van der Waals surface area contributed by atoms with Crippen molar-refractivity contribution in [1.29, 1.82) is 0 Å². The highest BCUT2D eigenvalue weighted by Gasteiger charge is 2.37. The predicted octanol–water partition coefficient (Wildman–Crippen LogP) is -0.960. The molecule has 2 unspecified atom stereocenters. The monoisotopic (exact) mass is 145 g/mol. The Kier molecular flexibility index (Phi) is 1.92. The quantitative estimate of drug-likeness (QED) is 0.444. The zero-order valence-corrected chi connectivity index (χ0v) is 5.74. The van der Waals surface area contributed by atoms with Crippen LogP contribution < -0.4 is 5.32 Å². The van der Waals surface area contributed by atoms with Crippen LogP contribution in [0.15, 0.2) is 0 Å². The summed E-state index contributed by atoms with van der Waals surface area (Å²) >= 11 is 0. The second-order valence-corrected chi connectivity index (χ2v) is 2.63. The largest absolute Gasteiger partial charge is 0.481 e. The van der Waals surface area contributed by atoms with Gasteiger partial charge in [0.15, 0.2) is 0 Å². The van der Waals surface area contributed by atoms with E-state index in [4.69, 9.17) is 10.2 Å². The topological polar surface area (TPSA) is 69.6 Å². The number of β-amino-alcohol motifs (C(OH)–C–C–N with tert-alkyl or cyclic N) is 1. The van der Waals surface area contributed by atoms with Gasteiger partial charge in [0.25, 0.3) is 0 Å². The second kappa shape index (κ2) is 2.56. The molecule has 0 amide bonds. The van der Waals surface area contributed by atoms with E-state index in [-0.39, 0.29) is 6.04 Å². The third-order valence-electron chi connectivity index (χ3n) is 1.89. The number of aliphatic hydroxyl groups is 1. The van der Waals surface area contributed by atoms with Gasteiger partial charge >= 0.3 is 5.97 Å². The number of carbonyl (C=O) groups is 1. The van der Waals surface area contributed by atoms with Crippen molar-refractivity contribution >= 4 is 5.97 Å². The fraction of sp³-hybridized carbons (Fsp3) is 0.833. The zero-order chi connectivity index (χ0) is 7.72. The Morgan fingerprint density at radius 2 is 2.30 bits per heavy atom. The van der Waals surface area contributed by atoms with Gasteiger partial charge in [-0.2, -0.15) is 0 Å². The summed E-state index contributed by atoms with van der Waals surface area (Å²) in [6, 6.07) is -0.118. The van der Waals surface area contributed by atoms with Crippen molar-refractivity contribution in [3.05, 3.63) is 0 Å². The number of hydrogen-bond acceptors (Lipinski definition) is 3. The van der Waals surface area contributed by atoms with Gasteiger partial charge in [0.05, 0.1) is 12.0 Å². The smallest absolute Gasteiger partial charge is 0.310 e. The third kappa shape index (κ3) is 1.12. The molecule has 1 aliphatic heterocycles. The Bertz CT molecular complexity index is 138. The minimum atomic E-state index is -0.926. The molecule has 3 atom stereocenters. The van der Waals surface area contributed by atoms with Crippen molar-refractivity contribution in [2.24, 2.45) is 5.92 Å². The summed E-state index contributed by atoms with van der Waals surface area (Å²) in [6.45, 7) is 2.15. The summed E-state index contributed by atoms with van der Waals surface area (Å²) in [7, 11) is 0. The molecule has 4 nitrogen and oxygen atoms in total. The van der Waals surface area contributed by atoms with E-state index in [0.29, 0.717) is 6.54 Å². The van der Waals surface area contributed by atoms with Crippen molar-refractivity contribution in [2.75, 3.05) is 6.54 Å². The first kappa shape index (κ1) is 7.50. The Morgan fingerprint density at radius 3 is 2.50 bits per heavy atom. The van der Waals surface area contributed by atoms with Gasteiger partial charge in [-0.1, -0.05) is 0 Å². The Balaban J connectivity index is 2.63. The molecule has 0 radical (unpaired) electrons. The number of carboxylic acid groups (broad SMARTS) is 1. The Morgan fingerprint density at radius 1 is 1.70 bits per heavy atom. The minimum absolute atomic E-state index is 0.118. The van der Waals surface area contributed by atoms with Crippen LogP contribution in [-0.2, 0) is 4.79 Å². The molecule has 1 heterocycles.